The number of hydrogen-bond acceptors (Lipinski definition) is 3. The average molecular weight is 354 g/mol. The van der Waals surface area contributed by atoms with E-state index in [0.29, 0.717) is 6.04 Å². The van der Waals surface area contributed by atoms with E-state index >= 15 is 0 Å². The largest absolute Gasteiger partial charge is 0.468 e. The summed E-state index contributed by atoms with van der Waals surface area (Å²) in [4.78, 5) is 6.65. The van der Waals surface area contributed by atoms with Gasteiger partial charge in [-0.05, 0) is 43.1 Å². The quantitative estimate of drug-likeness (QED) is 0.590. The van der Waals surface area contributed by atoms with Crippen LogP contribution >= 0.6 is 0 Å². The van der Waals surface area contributed by atoms with Crippen LogP contribution in [0.3, 0.4) is 0 Å². The van der Waals surface area contributed by atoms with Crippen molar-refractivity contribution in [2.45, 2.75) is 51.4 Å². The number of guanidine groups is 1. The Morgan fingerprint density at radius 2 is 1.88 bits per heavy atom. The molecule has 5 nitrogen and oxygen atoms in total. The van der Waals surface area contributed by atoms with Gasteiger partial charge in [-0.25, -0.2) is 0 Å². The molecular weight excluding hydrogens is 324 g/mol. The SMILES string of the molecule is CN=C(NCc1ccccc1CN(C)Cc1ccco1)NC1CCCC1. The molecular formula is C21H30N4O. The molecule has 1 aromatic carbocycles. The first-order valence-corrected chi connectivity index (χ1v) is 9.49. The van der Waals surface area contributed by atoms with Gasteiger partial charge in [-0.1, -0.05) is 37.1 Å². The van der Waals surface area contributed by atoms with E-state index in [2.05, 4.69) is 51.8 Å². The summed E-state index contributed by atoms with van der Waals surface area (Å²) in [5, 5.41) is 7.02. The number of hydrogen-bond donors (Lipinski definition) is 2. The van der Waals surface area contributed by atoms with Crippen molar-refractivity contribution in [2.24, 2.45) is 4.99 Å². The van der Waals surface area contributed by atoms with Crippen LogP contribution in [-0.4, -0.2) is 31.0 Å². The van der Waals surface area contributed by atoms with Gasteiger partial charge in [0, 0.05) is 26.2 Å². The molecule has 0 atom stereocenters. The van der Waals surface area contributed by atoms with Gasteiger partial charge < -0.3 is 15.1 Å². The maximum Gasteiger partial charge on any atom is 0.191 e. The lowest BCUT2D eigenvalue weighted by Gasteiger charge is -2.20. The van der Waals surface area contributed by atoms with Gasteiger partial charge in [-0.2, -0.15) is 0 Å². The zero-order chi connectivity index (χ0) is 18.2. The second-order valence-corrected chi connectivity index (χ2v) is 7.07. The lowest BCUT2D eigenvalue weighted by atomic mass is 10.1. The highest BCUT2D eigenvalue weighted by Gasteiger charge is 2.16. The van der Waals surface area contributed by atoms with Gasteiger partial charge in [-0.3, -0.25) is 9.89 Å². The number of nitrogens with one attached hydrogen (secondary N) is 2. The van der Waals surface area contributed by atoms with Gasteiger partial charge in [-0.15, -0.1) is 0 Å². The molecule has 26 heavy (non-hydrogen) atoms. The molecule has 0 spiro atoms. The summed E-state index contributed by atoms with van der Waals surface area (Å²) >= 11 is 0. The van der Waals surface area contributed by atoms with Gasteiger partial charge in [0.2, 0.25) is 0 Å². The van der Waals surface area contributed by atoms with Crippen LogP contribution in [0.5, 0.6) is 0 Å². The van der Waals surface area contributed by atoms with Crippen molar-refractivity contribution in [3.8, 4) is 0 Å². The summed E-state index contributed by atoms with van der Waals surface area (Å²) in [7, 11) is 3.96. The fourth-order valence-electron chi connectivity index (χ4n) is 3.54. The van der Waals surface area contributed by atoms with Crippen molar-refractivity contribution in [1.29, 1.82) is 0 Å². The molecule has 0 saturated heterocycles. The standard InChI is InChI=1S/C21H30N4O/c1-22-21(24-19-10-5-6-11-19)23-14-17-8-3-4-9-18(17)15-25(2)16-20-12-7-13-26-20/h3-4,7-9,12-13,19H,5-6,10-11,14-16H2,1-2H3,(H2,22,23,24). The van der Waals surface area contributed by atoms with E-state index in [1.54, 1.807) is 6.26 Å². The highest BCUT2D eigenvalue weighted by Crippen LogP contribution is 2.17. The number of rotatable bonds is 7. The first kappa shape index (κ1) is 18.5. The van der Waals surface area contributed by atoms with Crippen molar-refractivity contribution in [2.75, 3.05) is 14.1 Å². The summed E-state index contributed by atoms with van der Waals surface area (Å²) < 4.78 is 5.45. The first-order chi connectivity index (χ1) is 12.7. The molecule has 2 aromatic rings. The lowest BCUT2D eigenvalue weighted by molar-refractivity contribution is 0.287. The molecule has 0 bridgehead atoms. The summed E-state index contributed by atoms with van der Waals surface area (Å²) in [6, 6.07) is 13.1. The number of aliphatic imine (C=N–C) groups is 1. The van der Waals surface area contributed by atoms with E-state index in [9.17, 15) is 0 Å². The van der Waals surface area contributed by atoms with Crippen LogP contribution in [0.4, 0.5) is 0 Å². The van der Waals surface area contributed by atoms with E-state index in [1.165, 1.54) is 36.8 Å². The maximum absolute atomic E-state index is 5.45. The van der Waals surface area contributed by atoms with Gasteiger partial charge >= 0.3 is 0 Å². The van der Waals surface area contributed by atoms with E-state index in [1.807, 2.05) is 19.2 Å². The Hall–Kier alpha value is -2.27. The molecule has 2 N–H and O–H groups in total. The minimum absolute atomic E-state index is 0.566. The summed E-state index contributed by atoms with van der Waals surface area (Å²) in [6.07, 6.45) is 6.85. The molecule has 0 radical (unpaired) electrons. The van der Waals surface area contributed by atoms with Crippen LogP contribution in [0.15, 0.2) is 52.1 Å². The van der Waals surface area contributed by atoms with Gasteiger partial charge in [0.1, 0.15) is 5.76 Å². The zero-order valence-electron chi connectivity index (χ0n) is 15.9. The molecule has 3 rings (SSSR count). The summed E-state index contributed by atoms with van der Waals surface area (Å²) in [6.45, 7) is 2.46. The van der Waals surface area contributed by atoms with Crippen LogP contribution in [0.2, 0.25) is 0 Å². The van der Waals surface area contributed by atoms with Crippen molar-refractivity contribution in [3.63, 3.8) is 0 Å². The Morgan fingerprint density at radius 1 is 1.12 bits per heavy atom. The number of nitrogens with zero attached hydrogens (tertiary/aromatic N) is 2. The van der Waals surface area contributed by atoms with Crippen molar-refractivity contribution < 1.29 is 4.42 Å². The topological polar surface area (TPSA) is 52.8 Å². The van der Waals surface area contributed by atoms with Crippen molar-refractivity contribution in [3.05, 3.63) is 59.5 Å². The zero-order valence-corrected chi connectivity index (χ0v) is 15.9. The van der Waals surface area contributed by atoms with Crippen LogP contribution < -0.4 is 10.6 Å². The predicted molar refractivity (Wildman–Crippen MR) is 106 cm³/mol. The highest BCUT2D eigenvalue weighted by molar-refractivity contribution is 5.80. The van der Waals surface area contributed by atoms with E-state index in [0.717, 1.165) is 31.4 Å². The molecule has 1 saturated carbocycles. The first-order valence-electron chi connectivity index (χ1n) is 9.49. The third-order valence-corrected chi connectivity index (χ3v) is 4.93. The van der Waals surface area contributed by atoms with Crippen LogP contribution in [-0.2, 0) is 19.6 Å². The molecule has 0 unspecified atom stereocenters. The smallest absolute Gasteiger partial charge is 0.191 e. The number of furan rings is 1. The van der Waals surface area contributed by atoms with E-state index in [4.69, 9.17) is 4.42 Å². The fraction of sp³-hybridized carbons (Fsp3) is 0.476. The highest BCUT2D eigenvalue weighted by atomic mass is 16.3. The Balaban J connectivity index is 1.55. The van der Waals surface area contributed by atoms with Gasteiger partial charge in [0.25, 0.3) is 0 Å². The minimum Gasteiger partial charge on any atom is -0.468 e. The third kappa shape index (κ3) is 5.36. The van der Waals surface area contributed by atoms with Crippen LogP contribution in [0.1, 0.15) is 42.6 Å². The fourth-order valence-corrected chi connectivity index (χ4v) is 3.54. The minimum atomic E-state index is 0.566. The summed E-state index contributed by atoms with van der Waals surface area (Å²) in [5.41, 5.74) is 2.62. The molecule has 0 aliphatic heterocycles. The third-order valence-electron chi connectivity index (χ3n) is 4.93. The average Bonchev–Trinajstić information content (AvgIpc) is 3.33. The Kier molecular flexibility index (Phi) is 6.72. The predicted octanol–water partition coefficient (Wildman–Crippen LogP) is 3.52. The normalized spacial score (nSPS) is 15.6. The maximum atomic E-state index is 5.45. The molecule has 5 heteroatoms. The molecule has 1 heterocycles. The molecule has 1 aromatic heterocycles. The number of benzene rings is 1. The summed E-state index contributed by atoms with van der Waals surface area (Å²) in [5.74, 6) is 1.89. The molecule has 1 aliphatic rings. The van der Waals surface area contributed by atoms with E-state index < -0.39 is 0 Å². The Morgan fingerprint density at radius 3 is 2.58 bits per heavy atom. The second-order valence-electron chi connectivity index (χ2n) is 7.07. The van der Waals surface area contributed by atoms with Crippen molar-refractivity contribution >= 4 is 5.96 Å². The molecule has 0 amide bonds. The van der Waals surface area contributed by atoms with E-state index in [-0.39, 0.29) is 0 Å². The molecule has 140 valence electrons. The van der Waals surface area contributed by atoms with Crippen LogP contribution in [0, 0.1) is 0 Å². The van der Waals surface area contributed by atoms with Crippen molar-refractivity contribution in [1.82, 2.24) is 15.5 Å². The molecule has 1 fully saturated rings. The van der Waals surface area contributed by atoms with Gasteiger partial charge in [0.05, 0.1) is 12.8 Å². The van der Waals surface area contributed by atoms with Crippen LogP contribution in [0.25, 0.3) is 0 Å². The Bertz CT molecular complexity index is 690. The van der Waals surface area contributed by atoms with Gasteiger partial charge in [0.15, 0.2) is 5.96 Å². The molecule has 1 aliphatic carbocycles. The Labute approximate surface area is 156 Å². The second kappa shape index (κ2) is 9.43. The lowest BCUT2D eigenvalue weighted by Crippen LogP contribution is -2.42. The monoisotopic (exact) mass is 354 g/mol.